The topological polar surface area (TPSA) is 15.7 Å². The predicted octanol–water partition coefficient (Wildman–Crippen LogP) is 4.24. The molecule has 1 aliphatic carbocycles. The first kappa shape index (κ1) is 17.2. The van der Waals surface area contributed by atoms with Crippen LogP contribution in [-0.2, 0) is 6.42 Å². The molecule has 1 saturated heterocycles. The van der Waals surface area contributed by atoms with Crippen LogP contribution < -0.4 is 9.64 Å². The van der Waals surface area contributed by atoms with Crippen LogP contribution in [0.5, 0.6) is 5.75 Å². The summed E-state index contributed by atoms with van der Waals surface area (Å²) in [5.74, 6) is 0.976. The van der Waals surface area contributed by atoms with Gasteiger partial charge in [-0.2, -0.15) is 0 Å². The molecule has 4 rings (SSSR count). The number of hydrogen-bond acceptors (Lipinski definition) is 3. The van der Waals surface area contributed by atoms with E-state index in [2.05, 4.69) is 58.3 Å². The van der Waals surface area contributed by atoms with Crippen LogP contribution >= 0.6 is 0 Å². The zero-order valence-electron chi connectivity index (χ0n) is 15.7. The van der Waals surface area contributed by atoms with Crippen LogP contribution in [0.15, 0.2) is 54.1 Å². The Morgan fingerprint density at radius 3 is 2.50 bits per heavy atom. The molecule has 0 saturated carbocycles. The lowest BCUT2D eigenvalue weighted by atomic mass is 10.1. The van der Waals surface area contributed by atoms with E-state index < -0.39 is 0 Å². The molecule has 0 unspecified atom stereocenters. The molecule has 2 aromatic rings. The van der Waals surface area contributed by atoms with E-state index in [1.165, 1.54) is 36.1 Å². The molecule has 3 heteroatoms. The number of benzene rings is 2. The first-order valence-electron chi connectivity index (χ1n) is 9.71. The van der Waals surface area contributed by atoms with Crippen LogP contribution in [0.1, 0.15) is 24.0 Å². The Hall–Kier alpha value is -2.26. The van der Waals surface area contributed by atoms with Gasteiger partial charge in [-0.3, -0.25) is 4.90 Å². The third-order valence-corrected chi connectivity index (χ3v) is 5.58. The van der Waals surface area contributed by atoms with E-state index in [4.69, 9.17) is 4.74 Å². The van der Waals surface area contributed by atoms with E-state index in [1.807, 2.05) is 6.07 Å². The van der Waals surface area contributed by atoms with Crippen LogP contribution in [0, 0.1) is 0 Å². The molecule has 3 nitrogen and oxygen atoms in total. The minimum Gasteiger partial charge on any atom is -0.495 e. The zero-order chi connectivity index (χ0) is 17.8. The average Bonchev–Trinajstić information content (AvgIpc) is 2.90. The summed E-state index contributed by atoms with van der Waals surface area (Å²) in [4.78, 5) is 5.05. The Morgan fingerprint density at radius 1 is 0.885 bits per heavy atom. The summed E-state index contributed by atoms with van der Waals surface area (Å²) in [7, 11) is 1.76. The van der Waals surface area contributed by atoms with Gasteiger partial charge in [-0.05, 0) is 42.5 Å². The van der Waals surface area contributed by atoms with Gasteiger partial charge in [0.25, 0.3) is 0 Å². The summed E-state index contributed by atoms with van der Waals surface area (Å²) in [6, 6.07) is 17.2. The Balaban J connectivity index is 1.39. The van der Waals surface area contributed by atoms with Crippen LogP contribution in [0.25, 0.3) is 6.08 Å². The number of aryl methyl sites for hydroxylation is 1. The first-order chi connectivity index (χ1) is 12.8. The smallest absolute Gasteiger partial charge is 0.142 e. The molecule has 0 amide bonds. The SMILES string of the molecule is COc1ccccc1N1CCN(CC2=Cc3ccccc3CCC2)CC1. The van der Waals surface area contributed by atoms with Crippen molar-refractivity contribution in [3.63, 3.8) is 0 Å². The van der Waals surface area contributed by atoms with E-state index in [1.54, 1.807) is 12.7 Å². The Morgan fingerprint density at radius 2 is 1.65 bits per heavy atom. The summed E-state index contributed by atoms with van der Waals surface area (Å²) in [6.45, 7) is 5.44. The average molecular weight is 348 g/mol. The summed E-state index contributed by atoms with van der Waals surface area (Å²) < 4.78 is 5.53. The monoisotopic (exact) mass is 348 g/mol. The van der Waals surface area contributed by atoms with E-state index in [-0.39, 0.29) is 0 Å². The molecule has 1 aliphatic heterocycles. The molecule has 1 heterocycles. The largest absolute Gasteiger partial charge is 0.495 e. The van der Waals surface area contributed by atoms with Crippen LogP contribution in [-0.4, -0.2) is 44.7 Å². The Bertz CT molecular complexity index is 775. The highest BCUT2D eigenvalue weighted by Crippen LogP contribution is 2.29. The lowest BCUT2D eigenvalue weighted by Crippen LogP contribution is -2.47. The van der Waals surface area contributed by atoms with Gasteiger partial charge in [0.2, 0.25) is 0 Å². The van der Waals surface area contributed by atoms with Crippen molar-refractivity contribution in [1.29, 1.82) is 0 Å². The van der Waals surface area contributed by atoms with Crippen molar-refractivity contribution in [2.24, 2.45) is 0 Å². The van der Waals surface area contributed by atoms with Gasteiger partial charge in [-0.25, -0.2) is 0 Å². The quantitative estimate of drug-likeness (QED) is 0.822. The van der Waals surface area contributed by atoms with Crippen molar-refractivity contribution in [2.45, 2.75) is 19.3 Å². The van der Waals surface area contributed by atoms with Gasteiger partial charge in [0.1, 0.15) is 5.75 Å². The van der Waals surface area contributed by atoms with Crippen molar-refractivity contribution in [3.8, 4) is 5.75 Å². The highest BCUT2D eigenvalue weighted by molar-refractivity contribution is 5.59. The zero-order valence-corrected chi connectivity index (χ0v) is 15.7. The fraction of sp³-hybridized carbons (Fsp3) is 0.391. The van der Waals surface area contributed by atoms with Crippen LogP contribution in [0.2, 0.25) is 0 Å². The van der Waals surface area contributed by atoms with Gasteiger partial charge in [-0.15, -0.1) is 0 Å². The lowest BCUT2D eigenvalue weighted by molar-refractivity contribution is 0.275. The molecule has 0 aromatic heterocycles. The van der Waals surface area contributed by atoms with Gasteiger partial charge >= 0.3 is 0 Å². The summed E-state index contributed by atoms with van der Waals surface area (Å²) in [5, 5.41) is 0. The number of ether oxygens (including phenoxy) is 1. The molecule has 0 bridgehead atoms. The Labute approximate surface area is 156 Å². The molecule has 26 heavy (non-hydrogen) atoms. The van der Waals surface area contributed by atoms with Crippen molar-refractivity contribution < 1.29 is 4.74 Å². The minimum atomic E-state index is 0.976. The van der Waals surface area contributed by atoms with Gasteiger partial charge in [-0.1, -0.05) is 48.0 Å². The van der Waals surface area contributed by atoms with Gasteiger partial charge in [0, 0.05) is 32.7 Å². The van der Waals surface area contributed by atoms with E-state index in [0.29, 0.717) is 0 Å². The van der Waals surface area contributed by atoms with Crippen LogP contribution in [0.3, 0.4) is 0 Å². The second kappa shape index (κ2) is 7.96. The van der Waals surface area contributed by atoms with E-state index in [0.717, 1.165) is 38.5 Å². The van der Waals surface area contributed by atoms with E-state index in [9.17, 15) is 0 Å². The number of rotatable bonds is 4. The second-order valence-electron chi connectivity index (χ2n) is 7.29. The molecule has 136 valence electrons. The van der Waals surface area contributed by atoms with Crippen LogP contribution in [0.4, 0.5) is 5.69 Å². The fourth-order valence-electron chi connectivity index (χ4n) is 4.15. The van der Waals surface area contributed by atoms with Gasteiger partial charge in [0.15, 0.2) is 0 Å². The van der Waals surface area contributed by atoms with Gasteiger partial charge < -0.3 is 9.64 Å². The molecule has 0 atom stereocenters. The summed E-state index contributed by atoms with van der Waals surface area (Å²) in [6.07, 6.45) is 6.14. The number of methoxy groups -OCH3 is 1. The maximum Gasteiger partial charge on any atom is 0.142 e. The number of anilines is 1. The van der Waals surface area contributed by atoms with Crippen molar-refractivity contribution in [2.75, 3.05) is 44.7 Å². The van der Waals surface area contributed by atoms with Gasteiger partial charge in [0.05, 0.1) is 12.8 Å². The normalized spacial score (nSPS) is 18.0. The predicted molar refractivity (Wildman–Crippen MR) is 109 cm³/mol. The lowest BCUT2D eigenvalue weighted by Gasteiger charge is -2.37. The number of para-hydroxylation sites is 2. The minimum absolute atomic E-state index is 0.976. The third kappa shape index (κ3) is 3.78. The number of fused-ring (bicyclic) bond motifs is 1. The summed E-state index contributed by atoms with van der Waals surface area (Å²) >= 11 is 0. The molecule has 2 aliphatic rings. The van der Waals surface area contributed by atoms with E-state index >= 15 is 0 Å². The molecule has 0 radical (unpaired) electrons. The second-order valence-corrected chi connectivity index (χ2v) is 7.29. The molecule has 2 aromatic carbocycles. The summed E-state index contributed by atoms with van der Waals surface area (Å²) in [5.41, 5.74) is 5.73. The van der Waals surface area contributed by atoms with Crippen molar-refractivity contribution >= 4 is 11.8 Å². The van der Waals surface area contributed by atoms with Crippen molar-refractivity contribution in [1.82, 2.24) is 4.90 Å². The maximum absolute atomic E-state index is 5.53. The highest BCUT2D eigenvalue weighted by atomic mass is 16.5. The standard InChI is InChI=1S/C23H28N2O/c1-26-23-12-5-4-11-22(23)25-15-13-24(14-16-25)18-19-7-6-10-20-8-2-3-9-21(20)17-19/h2-5,8-9,11-12,17H,6-7,10,13-16,18H2,1H3. The molecule has 1 fully saturated rings. The van der Waals surface area contributed by atoms with Crippen molar-refractivity contribution in [3.05, 3.63) is 65.2 Å². The number of hydrogen-bond donors (Lipinski definition) is 0. The number of piperazine rings is 1. The molecule has 0 N–H and O–H groups in total. The third-order valence-electron chi connectivity index (χ3n) is 5.58. The number of nitrogens with zero attached hydrogens (tertiary/aromatic N) is 2. The maximum atomic E-state index is 5.53. The highest BCUT2D eigenvalue weighted by Gasteiger charge is 2.20. The molecular weight excluding hydrogens is 320 g/mol. The molecular formula is C23H28N2O. The Kier molecular flexibility index (Phi) is 5.26. The first-order valence-corrected chi connectivity index (χ1v) is 9.71. The fourth-order valence-corrected chi connectivity index (χ4v) is 4.15. The molecule has 0 spiro atoms.